The predicted molar refractivity (Wildman–Crippen MR) is 108 cm³/mol. The van der Waals surface area contributed by atoms with Crippen LogP contribution in [0.4, 0.5) is 5.69 Å². The lowest BCUT2D eigenvalue weighted by Crippen LogP contribution is -2.62. The van der Waals surface area contributed by atoms with Gasteiger partial charge < -0.3 is 19.5 Å². The number of hydrogen-bond acceptors (Lipinski definition) is 5. The smallest absolute Gasteiger partial charge is 0.231 e. The van der Waals surface area contributed by atoms with E-state index in [9.17, 15) is 9.90 Å². The molecule has 1 aliphatic carbocycles. The van der Waals surface area contributed by atoms with Crippen molar-refractivity contribution in [2.45, 2.75) is 36.8 Å². The van der Waals surface area contributed by atoms with Gasteiger partial charge in [-0.15, -0.1) is 0 Å². The number of nitrogens with zero attached hydrogens (tertiary/aromatic N) is 2. The van der Waals surface area contributed by atoms with E-state index in [0.717, 1.165) is 37.4 Å². The lowest BCUT2D eigenvalue weighted by molar-refractivity contribution is -0.118. The number of benzene rings is 1. The van der Waals surface area contributed by atoms with E-state index >= 15 is 0 Å². The lowest BCUT2D eigenvalue weighted by Gasteiger charge is -2.54. The van der Waals surface area contributed by atoms with Crippen molar-refractivity contribution >= 4 is 11.6 Å². The lowest BCUT2D eigenvalue weighted by atomic mass is 9.57. The summed E-state index contributed by atoms with van der Waals surface area (Å²) in [5.41, 5.74) is 4.83. The number of carbonyl (C=O) groups is 1. The Morgan fingerprint density at radius 3 is 2.83 bits per heavy atom. The van der Waals surface area contributed by atoms with Crippen molar-refractivity contribution in [2.75, 3.05) is 38.8 Å². The maximum atomic E-state index is 13.2. The zero-order valence-corrected chi connectivity index (χ0v) is 16.9. The van der Waals surface area contributed by atoms with Gasteiger partial charge in [-0.05, 0) is 36.6 Å². The van der Waals surface area contributed by atoms with Crippen molar-refractivity contribution in [1.29, 1.82) is 0 Å². The molecule has 0 aromatic heterocycles. The summed E-state index contributed by atoms with van der Waals surface area (Å²) in [6.45, 7) is 2.00. The Bertz CT molecular complexity index is 983. The Hall–Kier alpha value is -2.31. The summed E-state index contributed by atoms with van der Waals surface area (Å²) in [4.78, 5) is 17.8. The molecule has 6 heteroatoms. The maximum Gasteiger partial charge on any atom is 0.231 e. The van der Waals surface area contributed by atoms with Crippen LogP contribution in [0.1, 0.15) is 24.8 Å². The van der Waals surface area contributed by atoms with E-state index < -0.39 is 0 Å². The number of aliphatic hydroxyl groups excluding tert-OH is 1. The summed E-state index contributed by atoms with van der Waals surface area (Å²) in [5.74, 6) is 1.89. The highest BCUT2D eigenvalue weighted by Crippen LogP contribution is 2.65. The molecule has 1 saturated carbocycles. The highest BCUT2D eigenvalue weighted by Gasteiger charge is 2.67. The molecule has 4 aliphatic heterocycles. The van der Waals surface area contributed by atoms with E-state index in [-0.39, 0.29) is 24.0 Å². The summed E-state index contributed by atoms with van der Waals surface area (Å²) < 4.78 is 11.2. The summed E-state index contributed by atoms with van der Waals surface area (Å²) >= 11 is 0. The van der Waals surface area contributed by atoms with Crippen molar-refractivity contribution in [3.63, 3.8) is 0 Å². The quantitative estimate of drug-likeness (QED) is 0.795. The normalized spacial score (nSPS) is 35.5. The van der Waals surface area contributed by atoms with Gasteiger partial charge in [-0.25, -0.2) is 0 Å². The summed E-state index contributed by atoms with van der Waals surface area (Å²) in [6, 6.07) is 4.59. The van der Waals surface area contributed by atoms with Crippen LogP contribution in [0.5, 0.6) is 11.5 Å². The second-order valence-electron chi connectivity index (χ2n) is 8.83. The maximum absolute atomic E-state index is 13.2. The average Bonchev–Trinajstić information content (AvgIpc) is 3.27. The number of amides is 1. The van der Waals surface area contributed by atoms with Crippen LogP contribution in [-0.4, -0.2) is 61.9 Å². The van der Waals surface area contributed by atoms with Gasteiger partial charge in [0.15, 0.2) is 11.5 Å². The molecule has 1 amide bonds. The summed E-state index contributed by atoms with van der Waals surface area (Å²) in [7, 11) is 3.31. The van der Waals surface area contributed by atoms with E-state index in [1.54, 1.807) is 14.2 Å². The van der Waals surface area contributed by atoms with Gasteiger partial charge in [-0.3, -0.25) is 9.69 Å². The monoisotopic (exact) mass is 394 g/mol. The number of ether oxygens (including phenoxy) is 2. The van der Waals surface area contributed by atoms with Crippen LogP contribution < -0.4 is 14.4 Å². The molecular formula is C23H26N2O4. The first-order valence-corrected chi connectivity index (χ1v) is 10.5. The standard InChI is InChI=1S/C23H26N2O4/c1-28-18-10-16-17(11-19(18)29-2)25-21(27)4-3-14-15-9-20-23(16,22(14)25)6-7-24(20)12-13(15)5-8-26/h3,5,10-11,15,20,22,26H,4,6-9,12H2,1-2H3/t15-,20-,22-,23+/m0/s1. The Labute approximate surface area is 170 Å². The van der Waals surface area contributed by atoms with Gasteiger partial charge in [0.2, 0.25) is 5.91 Å². The number of rotatable bonds is 3. The molecule has 2 saturated heterocycles. The van der Waals surface area contributed by atoms with Gasteiger partial charge in [-0.2, -0.15) is 0 Å². The van der Waals surface area contributed by atoms with Gasteiger partial charge >= 0.3 is 0 Å². The number of piperidine rings is 1. The Morgan fingerprint density at radius 2 is 2.07 bits per heavy atom. The molecule has 0 radical (unpaired) electrons. The molecule has 2 bridgehead atoms. The van der Waals surface area contributed by atoms with E-state index in [1.807, 2.05) is 12.1 Å². The Balaban J connectivity index is 1.62. The van der Waals surface area contributed by atoms with Crippen LogP contribution >= 0.6 is 0 Å². The number of hydrogen-bond donors (Lipinski definition) is 1. The van der Waals surface area contributed by atoms with Crippen LogP contribution in [0.15, 0.2) is 35.4 Å². The zero-order valence-electron chi connectivity index (χ0n) is 16.9. The van der Waals surface area contributed by atoms with Crippen LogP contribution in [-0.2, 0) is 10.2 Å². The largest absolute Gasteiger partial charge is 0.493 e. The first kappa shape index (κ1) is 17.5. The molecule has 0 unspecified atom stereocenters. The molecule has 1 spiro atoms. The number of aliphatic hydroxyl groups is 1. The minimum absolute atomic E-state index is 0.0618. The molecule has 3 fully saturated rings. The SMILES string of the molecule is COc1cc2c(cc1OC)[C@]13CCN4CC(=CCO)[C@H](C[C@H]41)C1=CCC(=O)N2[C@@H]13. The molecule has 4 heterocycles. The van der Waals surface area contributed by atoms with Crippen molar-refractivity contribution < 1.29 is 19.4 Å². The fourth-order valence-electron chi connectivity index (χ4n) is 6.98. The van der Waals surface area contributed by atoms with Crippen molar-refractivity contribution in [1.82, 2.24) is 4.90 Å². The molecule has 6 rings (SSSR count). The van der Waals surface area contributed by atoms with Gasteiger partial charge in [-0.1, -0.05) is 17.7 Å². The van der Waals surface area contributed by atoms with Crippen molar-refractivity contribution in [3.8, 4) is 11.5 Å². The van der Waals surface area contributed by atoms with Gasteiger partial charge in [0.1, 0.15) is 0 Å². The third-order valence-corrected chi connectivity index (χ3v) is 8.00. The highest BCUT2D eigenvalue weighted by atomic mass is 16.5. The third kappa shape index (κ3) is 1.96. The zero-order chi connectivity index (χ0) is 19.9. The van der Waals surface area contributed by atoms with E-state index in [0.29, 0.717) is 24.1 Å². The minimum Gasteiger partial charge on any atom is -0.493 e. The van der Waals surface area contributed by atoms with E-state index in [4.69, 9.17) is 9.47 Å². The summed E-state index contributed by atoms with van der Waals surface area (Å²) in [5, 5.41) is 9.59. The molecule has 1 aromatic carbocycles. The molecule has 4 atom stereocenters. The fourth-order valence-corrected chi connectivity index (χ4v) is 6.98. The number of fused-ring (bicyclic) bond motifs is 4. The molecule has 1 N–H and O–H groups in total. The topological polar surface area (TPSA) is 62.2 Å². The van der Waals surface area contributed by atoms with Crippen LogP contribution in [0.2, 0.25) is 0 Å². The highest BCUT2D eigenvalue weighted by molar-refractivity contribution is 6.01. The van der Waals surface area contributed by atoms with Gasteiger partial charge in [0.05, 0.1) is 32.6 Å². The Morgan fingerprint density at radius 1 is 1.28 bits per heavy atom. The van der Waals surface area contributed by atoms with Crippen LogP contribution in [0, 0.1) is 5.92 Å². The Kier molecular flexibility index (Phi) is 3.55. The number of methoxy groups -OCH3 is 2. The van der Waals surface area contributed by atoms with Gasteiger partial charge in [0.25, 0.3) is 0 Å². The first-order chi connectivity index (χ1) is 14.1. The second-order valence-corrected chi connectivity index (χ2v) is 8.83. The first-order valence-electron chi connectivity index (χ1n) is 10.5. The molecule has 5 aliphatic rings. The van der Waals surface area contributed by atoms with Crippen LogP contribution in [0.25, 0.3) is 0 Å². The van der Waals surface area contributed by atoms with Crippen molar-refractivity contribution in [3.05, 3.63) is 41.0 Å². The predicted octanol–water partition coefficient (Wildman–Crippen LogP) is 2.01. The average molecular weight is 394 g/mol. The van der Waals surface area contributed by atoms with E-state index in [2.05, 4.69) is 21.9 Å². The molecular weight excluding hydrogens is 368 g/mol. The molecule has 1 aromatic rings. The van der Waals surface area contributed by atoms with E-state index in [1.165, 1.54) is 16.7 Å². The molecule has 6 nitrogen and oxygen atoms in total. The molecule has 29 heavy (non-hydrogen) atoms. The second kappa shape index (κ2) is 5.86. The number of anilines is 1. The number of carbonyl (C=O) groups excluding carboxylic acids is 1. The molecule has 152 valence electrons. The third-order valence-electron chi connectivity index (χ3n) is 8.00. The fraction of sp³-hybridized carbons (Fsp3) is 0.522. The van der Waals surface area contributed by atoms with Gasteiger partial charge in [0, 0.05) is 36.4 Å². The summed E-state index contributed by atoms with van der Waals surface area (Å²) in [6.07, 6.45) is 6.70. The van der Waals surface area contributed by atoms with Crippen molar-refractivity contribution in [2.24, 2.45) is 5.92 Å². The minimum atomic E-state index is -0.0853. The van der Waals surface area contributed by atoms with Crippen LogP contribution in [0.3, 0.4) is 0 Å².